The number of rotatable bonds is 2. The van der Waals surface area contributed by atoms with Crippen LogP contribution in [0.2, 0.25) is 5.02 Å². The van der Waals surface area contributed by atoms with Gasteiger partial charge in [-0.3, -0.25) is 0 Å². The van der Waals surface area contributed by atoms with Crippen molar-refractivity contribution in [2.75, 3.05) is 7.11 Å². The fourth-order valence-electron chi connectivity index (χ4n) is 0.963. The van der Waals surface area contributed by atoms with Crippen molar-refractivity contribution in [1.82, 2.24) is 0 Å². The molecule has 0 aliphatic carbocycles. The molecule has 0 fully saturated rings. The molecule has 2 heteroatoms. The molecule has 60 valence electrons. The van der Waals surface area contributed by atoms with Crippen molar-refractivity contribution < 1.29 is 4.74 Å². The summed E-state index contributed by atoms with van der Waals surface area (Å²) < 4.78 is 4.98. The Morgan fingerprint density at radius 1 is 1.45 bits per heavy atom. The average Bonchev–Trinajstić information content (AvgIpc) is 1.98. The first-order valence-electron chi connectivity index (χ1n) is 3.48. The molecule has 0 unspecified atom stereocenters. The summed E-state index contributed by atoms with van der Waals surface area (Å²) >= 11 is 5.84. The van der Waals surface area contributed by atoms with Crippen LogP contribution in [-0.2, 0) is 11.3 Å². The lowest BCUT2D eigenvalue weighted by atomic mass is 10.1. The van der Waals surface area contributed by atoms with E-state index in [-0.39, 0.29) is 0 Å². The van der Waals surface area contributed by atoms with Crippen molar-refractivity contribution >= 4 is 11.6 Å². The molecule has 0 saturated carbocycles. The summed E-state index contributed by atoms with van der Waals surface area (Å²) in [6.07, 6.45) is 0. The van der Waals surface area contributed by atoms with Gasteiger partial charge in [-0.2, -0.15) is 0 Å². The van der Waals surface area contributed by atoms with Crippen LogP contribution in [0, 0.1) is 6.92 Å². The third kappa shape index (κ3) is 2.21. The summed E-state index contributed by atoms with van der Waals surface area (Å²) in [6, 6.07) is 5.90. The molecule has 0 amide bonds. The molecule has 1 nitrogen and oxygen atoms in total. The number of aryl methyl sites for hydroxylation is 1. The number of hydrogen-bond donors (Lipinski definition) is 0. The monoisotopic (exact) mass is 170 g/mol. The Hall–Kier alpha value is -0.530. The highest BCUT2D eigenvalue weighted by Crippen LogP contribution is 2.16. The van der Waals surface area contributed by atoms with E-state index in [9.17, 15) is 0 Å². The van der Waals surface area contributed by atoms with Gasteiger partial charge in [0.15, 0.2) is 0 Å². The molecule has 0 saturated heterocycles. The van der Waals surface area contributed by atoms with Crippen LogP contribution in [0.1, 0.15) is 11.1 Å². The number of benzene rings is 1. The molecule has 0 aliphatic rings. The van der Waals surface area contributed by atoms with E-state index in [1.54, 1.807) is 7.11 Å². The Bertz CT molecular complexity index is 245. The maximum absolute atomic E-state index is 5.84. The quantitative estimate of drug-likeness (QED) is 0.663. The van der Waals surface area contributed by atoms with Crippen LogP contribution < -0.4 is 0 Å². The van der Waals surface area contributed by atoms with E-state index in [0.29, 0.717) is 6.61 Å². The van der Waals surface area contributed by atoms with E-state index in [1.807, 2.05) is 25.1 Å². The van der Waals surface area contributed by atoms with Crippen molar-refractivity contribution in [2.24, 2.45) is 0 Å². The molecule has 0 atom stereocenters. The zero-order valence-electron chi connectivity index (χ0n) is 6.73. The van der Waals surface area contributed by atoms with Crippen LogP contribution in [0.4, 0.5) is 0 Å². The van der Waals surface area contributed by atoms with Crippen LogP contribution in [-0.4, -0.2) is 7.11 Å². The Balaban J connectivity index is 2.86. The second kappa shape index (κ2) is 3.74. The molecule has 1 aromatic carbocycles. The van der Waals surface area contributed by atoms with Crippen LogP contribution >= 0.6 is 11.6 Å². The maximum atomic E-state index is 5.84. The van der Waals surface area contributed by atoms with Crippen LogP contribution in [0.25, 0.3) is 0 Å². The molecule has 0 radical (unpaired) electrons. The van der Waals surface area contributed by atoms with Gasteiger partial charge in [-0.15, -0.1) is 0 Å². The van der Waals surface area contributed by atoms with Gasteiger partial charge in [-0.1, -0.05) is 23.7 Å². The van der Waals surface area contributed by atoms with E-state index >= 15 is 0 Å². The molecule has 0 heterocycles. The van der Waals surface area contributed by atoms with Gasteiger partial charge in [0.2, 0.25) is 0 Å². The standard InChI is InChI=1S/C9H11ClO/c1-7-5-8(6-11-2)3-4-9(7)10/h3-5H,6H2,1-2H3. The van der Waals surface area contributed by atoms with Gasteiger partial charge in [-0.05, 0) is 24.1 Å². The first-order valence-corrected chi connectivity index (χ1v) is 3.86. The predicted molar refractivity (Wildman–Crippen MR) is 46.9 cm³/mol. The van der Waals surface area contributed by atoms with Crippen molar-refractivity contribution in [3.63, 3.8) is 0 Å². The molecule has 1 rings (SSSR count). The molecule has 1 aromatic rings. The lowest BCUT2D eigenvalue weighted by molar-refractivity contribution is 0.185. The summed E-state index contributed by atoms with van der Waals surface area (Å²) in [5.74, 6) is 0. The lowest BCUT2D eigenvalue weighted by Gasteiger charge is -2.01. The zero-order chi connectivity index (χ0) is 8.27. The van der Waals surface area contributed by atoms with E-state index in [4.69, 9.17) is 16.3 Å². The number of hydrogen-bond acceptors (Lipinski definition) is 1. The molecule has 0 N–H and O–H groups in total. The van der Waals surface area contributed by atoms with Gasteiger partial charge in [0.1, 0.15) is 0 Å². The second-order valence-corrected chi connectivity index (χ2v) is 2.92. The second-order valence-electron chi connectivity index (χ2n) is 2.52. The van der Waals surface area contributed by atoms with Crippen molar-refractivity contribution in [3.05, 3.63) is 34.3 Å². The summed E-state index contributed by atoms with van der Waals surface area (Å²) in [5, 5.41) is 0.810. The highest BCUT2D eigenvalue weighted by Gasteiger charge is 1.95. The number of halogens is 1. The normalized spacial score (nSPS) is 10.1. The largest absolute Gasteiger partial charge is 0.380 e. The Labute approximate surface area is 71.9 Å². The fraction of sp³-hybridized carbons (Fsp3) is 0.333. The third-order valence-electron chi connectivity index (χ3n) is 1.53. The molecule has 0 bridgehead atoms. The van der Waals surface area contributed by atoms with Crippen LogP contribution in [0.5, 0.6) is 0 Å². The van der Waals surface area contributed by atoms with E-state index < -0.39 is 0 Å². The molecule has 0 spiro atoms. The minimum Gasteiger partial charge on any atom is -0.380 e. The summed E-state index contributed by atoms with van der Waals surface area (Å²) in [6.45, 7) is 2.64. The van der Waals surface area contributed by atoms with Crippen molar-refractivity contribution in [3.8, 4) is 0 Å². The van der Waals surface area contributed by atoms with Gasteiger partial charge < -0.3 is 4.74 Å². The number of ether oxygens (including phenoxy) is 1. The smallest absolute Gasteiger partial charge is 0.0713 e. The van der Waals surface area contributed by atoms with Gasteiger partial charge in [0.25, 0.3) is 0 Å². The highest BCUT2D eigenvalue weighted by atomic mass is 35.5. The van der Waals surface area contributed by atoms with Crippen molar-refractivity contribution in [1.29, 1.82) is 0 Å². The molecular formula is C9H11ClO. The Morgan fingerprint density at radius 3 is 2.73 bits per heavy atom. The van der Waals surface area contributed by atoms with Crippen molar-refractivity contribution in [2.45, 2.75) is 13.5 Å². The Kier molecular flexibility index (Phi) is 2.92. The number of methoxy groups -OCH3 is 1. The van der Waals surface area contributed by atoms with Gasteiger partial charge in [-0.25, -0.2) is 0 Å². The topological polar surface area (TPSA) is 9.23 Å². The molecule has 0 aliphatic heterocycles. The third-order valence-corrected chi connectivity index (χ3v) is 1.96. The van der Waals surface area contributed by atoms with E-state index in [2.05, 4.69) is 0 Å². The van der Waals surface area contributed by atoms with Gasteiger partial charge in [0, 0.05) is 12.1 Å². The van der Waals surface area contributed by atoms with Crippen LogP contribution in [0.3, 0.4) is 0 Å². The van der Waals surface area contributed by atoms with E-state index in [1.165, 1.54) is 0 Å². The van der Waals surface area contributed by atoms with Gasteiger partial charge >= 0.3 is 0 Å². The first kappa shape index (κ1) is 8.57. The predicted octanol–water partition coefficient (Wildman–Crippen LogP) is 2.79. The minimum absolute atomic E-state index is 0.651. The molecular weight excluding hydrogens is 160 g/mol. The maximum Gasteiger partial charge on any atom is 0.0713 e. The highest BCUT2D eigenvalue weighted by molar-refractivity contribution is 6.31. The Morgan fingerprint density at radius 2 is 2.18 bits per heavy atom. The fourth-order valence-corrected chi connectivity index (χ4v) is 1.08. The van der Waals surface area contributed by atoms with E-state index in [0.717, 1.165) is 16.1 Å². The summed E-state index contributed by atoms with van der Waals surface area (Å²) in [7, 11) is 1.68. The summed E-state index contributed by atoms with van der Waals surface area (Å²) in [4.78, 5) is 0. The average molecular weight is 171 g/mol. The van der Waals surface area contributed by atoms with Gasteiger partial charge in [0.05, 0.1) is 6.61 Å². The van der Waals surface area contributed by atoms with Crippen LogP contribution in [0.15, 0.2) is 18.2 Å². The summed E-state index contributed by atoms with van der Waals surface area (Å²) in [5.41, 5.74) is 2.26. The minimum atomic E-state index is 0.651. The molecule has 0 aromatic heterocycles. The SMILES string of the molecule is COCc1ccc(Cl)c(C)c1. The zero-order valence-corrected chi connectivity index (χ0v) is 7.48. The first-order chi connectivity index (χ1) is 5.24. The lowest BCUT2D eigenvalue weighted by Crippen LogP contribution is -1.87. The molecule has 11 heavy (non-hydrogen) atoms.